The van der Waals surface area contributed by atoms with Crippen LogP contribution in [0.1, 0.15) is 36.1 Å². The van der Waals surface area contributed by atoms with Crippen molar-refractivity contribution < 1.29 is 4.74 Å². The lowest BCUT2D eigenvalue weighted by Crippen LogP contribution is -2.37. The highest BCUT2D eigenvalue weighted by Gasteiger charge is 2.25. The summed E-state index contributed by atoms with van der Waals surface area (Å²) >= 11 is 0. The normalized spacial score (nSPS) is 19.9. The van der Waals surface area contributed by atoms with Crippen molar-refractivity contribution in [2.45, 2.75) is 32.3 Å². The predicted molar refractivity (Wildman–Crippen MR) is 94.2 cm³/mol. The fraction of sp³-hybridized carbons (Fsp3) is 0.474. The SMILES string of the molecule is NCCC1CCCN(c2ncnc3c2Cc2ccccc2OC3)C1. The molecule has 2 N–H and O–H groups in total. The van der Waals surface area contributed by atoms with E-state index in [1.54, 1.807) is 6.33 Å². The minimum absolute atomic E-state index is 0.516. The molecular formula is C19H24N4O. The van der Waals surface area contributed by atoms with Gasteiger partial charge in [-0.1, -0.05) is 18.2 Å². The summed E-state index contributed by atoms with van der Waals surface area (Å²) in [6, 6.07) is 8.25. The first-order valence-corrected chi connectivity index (χ1v) is 8.83. The number of aromatic nitrogens is 2. The zero-order chi connectivity index (χ0) is 16.4. The van der Waals surface area contributed by atoms with Gasteiger partial charge in [-0.15, -0.1) is 0 Å². The second-order valence-electron chi connectivity index (χ2n) is 6.73. The van der Waals surface area contributed by atoms with Crippen molar-refractivity contribution >= 4 is 5.82 Å². The molecule has 1 aromatic carbocycles. The molecule has 0 saturated carbocycles. The van der Waals surface area contributed by atoms with E-state index in [1.165, 1.54) is 24.0 Å². The fourth-order valence-electron chi connectivity index (χ4n) is 3.87. The Kier molecular flexibility index (Phi) is 4.34. The zero-order valence-electron chi connectivity index (χ0n) is 13.9. The van der Waals surface area contributed by atoms with Gasteiger partial charge in [0.05, 0.1) is 5.69 Å². The molecule has 0 aliphatic carbocycles. The third-order valence-corrected chi connectivity index (χ3v) is 5.11. The average molecular weight is 324 g/mol. The number of rotatable bonds is 3. The van der Waals surface area contributed by atoms with Gasteiger partial charge in [0.2, 0.25) is 0 Å². The minimum Gasteiger partial charge on any atom is -0.487 e. The van der Waals surface area contributed by atoms with Crippen LogP contribution in [0.3, 0.4) is 0 Å². The van der Waals surface area contributed by atoms with Crippen molar-refractivity contribution in [3.63, 3.8) is 0 Å². The van der Waals surface area contributed by atoms with Crippen LogP contribution in [0.25, 0.3) is 0 Å². The molecule has 0 radical (unpaired) electrons. The van der Waals surface area contributed by atoms with Crippen LogP contribution in [0.2, 0.25) is 0 Å². The Bertz CT molecular complexity index is 716. The van der Waals surface area contributed by atoms with Gasteiger partial charge in [0.15, 0.2) is 0 Å². The van der Waals surface area contributed by atoms with Crippen molar-refractivity contribution in [2.75, 3.05) is 24.5 Å². The Morgan fingerprint density at radius 2 is 2.17 bits per heavy atom. The number of hydrogen-bond acceptors (Lipinski definition) is 5. The first kappa shape index (κ1) is 15.4. The smallest absolute Gasteiger partial charge is 0.135 e. The summed E-state index contributed by atoms with van der Waals surface area (Å²) in [7, 11) is 0. The Morgan fingerprint density at radius 1 is 1.25 bits per heavy atom. The van der Waals surface area contributed by atoms with Crippen LogP contribution in [-0.2, 0) is 13.0 Å². The summed E-state index contributed by atoms with van der Waals surface area (Å²) in [4.78, 5) is 11.6. The van der Waals surface area contributed by atoms with Gasteiger partial charge in [0, 0.05) is 25.1 Å². The molecule has 2 aromatic rings. The topological polar surface area (TPSA) is 64.3 Å². The van der Waals surface area contributed by atoms with Gasteiger partial charge in [-0.2, -0.15) is 0 Å². The van der Waals surface area contributed by atoms with Gasteiger partial charge in [0.1, 0.15) is 24.5 Å². The maximum Gasteiger partial charge on any atom is 0.135 e. The summed E-state index contributed by atoms with van der Waals surface area (Å²) in [5, 5.41) is 0. The molecule has 0 amide bonds. The number of nitrogens with two attached hydrogens (primary N) is 1. The number of hydrogen-bond donors (Lipinski definition) is 1. The van der Waals surface area contributed by atoms with Crippen LogP contribution in [0.4, 0.5) is 5.82 Å². The van der Waals surface area contributed by atoms with Crippen LogP contribution in [0, 0.1) is 5.92 Å². The number of para-hydroxylation sites is 1. The van der Waals surface area contributed by atoms with Gasteiger partial charge < -0.3 is 15.4 Å². The molecule has 4 rings (SSSR count). The van der Waals surface area contributed by atoms with Crippen LogP contribution in [-0.4, -0.2) is 29.6 Å². The molecule has 126 valence electrons. The van der Waals surface area contributed by atoms with E-state index in [0.717, 1.165) is 49.7 Å². The second kappa shape index (κ2) is 6.77. The highest BCUT2D eigenvalue weighted by Crippen LogP contribution is 2.33. The maximum absolute atomic E-state index is 5.95. The molecule has 24 heavy (non-hydrogen) atoms. The van der Waals surface area contributed by atoms with E-state index in [4.69, 9.17) is 10.5 Å². The predicted octanol–water partition coefficient (Wildman–Crippen LogP) is 2.53. The highest BCUT2D eigenvalue weighted by molar-refractivity contribution is 5.53. The second-order valence-corrected chi connectivity index (χ2v) is 6.73. The van der Waals surface area contributed by atoms with E-state index in [2.05, 4.69) is 27.0 Å². The van der Waals surface area contributed by atoms with Crippen molar-refractivity contribution in [3.8, 4) is 5.75 Å². The van der Waals surface area contributed by atoms with Crippen molar-refractivity contribution in [1.82, 2.24) is 9.97 Å². The summed E-state index contributed by atoms with van der Waals surface area (Å²) in [5.74, 6) is 2.71. The standard InChI is InChI=1S/C19H24N4O/c20-8-7-14-4-3-9-23(11-14)19-16-10-15-5-1-2-6-18(15)24-12-17(16)21-13-22-19/h1-2,5-6,13-14H,3-4,7-12,20H2. The van der Waals surface area contributed by atoms with E-state index in [-0.39, 0.29) is 0 Å². The lowest BCUT2D eigenvalue weighted by molar-refractivity contribution is 0.302. The van der Waals surface area contributed by atoms with E-state index in [0.29, 0.717) is 12.5 Å². The number of piperidine rings is 1. The molecule has 2 aliphatic rings. The summed E-state index contributed by atoms with van der Waals surface area (Å²) < 4.78 is 5.95. The monoisotopic (exact) mass is 324 g/mol. The number of anilines is 1. The minimum atomic E-state index is 0.516. The summed E-state index contributed by atoms with van der Waals surface area (Å²) in [5.41, 5.74) is 9.21. The highest BCUT2D eigenvalue weighted by atomic mass is 16.5. The Hall–Kier alpha value is -2.14. The number of fused-ring (bicyclic) bond motifs is 2. The Labute approximate surface area is 142 Å². The largest absolute Gasteiger partial charge is 0.487 e. The molecule has 0 spiro atoms. The third kappa shape index (κ3) is 2.96. The molecule has 5 nitrogen and oxygen atoms in total. The van der Waals surface area contributed by atoms with E-state index >= 15 is 0 Å². The molecule has 1 fully saturated rings. The summed E-state index contributed by atoms with van der Waals surface area (Å²) in [6.07, 6.45) is 6.08. The van der Waals surface area contributed by atoms with Gasteiger partial charge in [0.25, 0.3) is 0 Å². The number of ether oxygens (including phenoxy) is 1. The average Bonchev–Trinajstić information content (AvgIpc) is 2.81. The molecular weight excluding hydrogens is 300 g/mol. The Morgan fingerprint density at radius 3 is 3.08 bits per heavy atom. The number of benzene rings is 1. The lowest BCUT2D eigenvalue weighted by Gasteiger charge is -2.34. The molecule has 0 bridgehead atoms. The van der Waals surface area contributed by atoms with Crippen molar-refractivity contribution in [2.24, 2.45) is 11.7 Å². The van der Waals surface area contributed by atoms with Gasteiger partial charge in [-0.05, 0) is 43.4 Å². The molecule has 5 heteroatoms. The fourth-order valence-corrected chi connectivity index (χ4v) is 3.87. The zero-order valence-corrected chi connectivity index (χ0v) is 13.9. The van der Waals surface area contributed by atoms with Crippen molar-refractivity contribution in [3.05, 3.63) is 47.4 Å². The molecule has 2 aliphatic heterocycles. The van der Waals surface area contributed by atoms with Crippen molar-refractivity contribution in [1.29, 1.82) is 0 Å². The quantitative estimate of drug-likeness (QED) is 0.940. The van der Waals surface area contributed by atoms with Gasteiger partial charge >= 0.3 is 0 Å². The molecule has 1 saturated heterocycles. The van der Waals surface area contributed by atoms with E-state index < -0.39 is 0 Å². The van der Waals surface area contributed by atoms with Gasteiger partial charge in [-0.3, -0.25) is 0 Å². The third-order valence-electron chi connectivity index (χ3n) is 5.11. The van der Waals surface area contributed by atoms with E-state index in [9.17, 15) is 0 Å². The molecule has 1 aromatic heterocycles. The maximum atomic E-state index is 5.95. The van der Waals surface area contributed by atoms with E-state index in [1.807, 2.05) is 12.1 Å². The van der Waals surface area contributed by atoms with Crippen LogP contribution < -0.4 is 15.4 Å². The number of nitrogens with zero attached hydrogens (tertiary/aromatic N) is 3. The van der Waals surface area contributed by atoms with Crippen LogP contribution in [0.15, 0.2) is 30.6 Å². The van der Waals surface area contributed by atoms with Crippen LogP contribution in [0.5, 0.6) is 5.75 Å². The molecule has 3 heterocycles. The molecule has 1 atom stereocenters. The van der Waals surface area contributed by atoms with Gasteiger partial charge in [-0.25, -0.2) is 9.97 Å². The first-order valence-electron chi connectivity index (χ1n) is 8.83. The lowest BCUT2D eigenvalue weighted by atomic mass is 9.94. The molecule has 1 unspecified atom stereocenters. The first-order chi connectivity index (χ1) is 11.8. The van der Waals surface area contributed by atoms with Crippen LogP contribution >= 0.6 is 0 Å². The summed E-state index contributed by atoms with van der Waals surface area (Å²) in [6.45, 7) is 3.39. The Balaban J connectivity index is 1.67.